The molecule has 1 aromatic heterocycles. The number of Topliss-reactive ketones (excluding diaryl/α,β-unsaturated/α-hetero) is 1. The Balaban J connectivity index is 2.83. The van der Waals surface area contributed by atoms with Gasteiger partial charge in [-0.2, -0.15) is 0 Å². The van der Waals surface area contributed by atoms with Gasteiger partial charge in [0.05, 0.1) is 9.72 Å². The zero-order chi connectivity index (χ0) is 9.42. The summed E-state index contributed by atoms with van der Waals surface area (Å²) in [6.07, 6.45) is 0. The van der Waals surface area contributed by atoms with Crippen molar-refractivity contribution >= 4 is 38.8 Å². The summed E-state index contributed by atoms with van der Waals surface area (Å²) >= 11 is 7.49. The molecule has 0 amide bonds. The fourth-order valence-corrected chi connectivity index (χ4v) is 2.62. The Morgan fingerprint density at radius 2 is 2.23 bits per heavy atom. The van der Waals surface area contributed by atoms with E-state index in [0.29, 0.717) is 0 Å². The van der Waals surface area contributed by atoms with Crippen LogP contribution < -0.4 is 0 Å². The highest BCUT2D eigenvalue weighted by molar-refractivity contribution is 7.18. The second-order valence-electron chi connectivity index (χ2n) is 2.82. The van der Waals surface area contributed by atoms with E-state index < -0.39 is 0 Å². The highest BCUT2D eigenvalue weighted by Crippen LogP contribution is 2.31. The van der Waals surface area contributed by atoms with Crippen molar-refractivity contribution in [2.75, 3.05) is 0 Å². The molecule has 2 aromatic rings. The van der Waals surface area contributed by atoms with Gasteiger partial charge in [-0.25, -0.2) is 0 Å². The molecule has 0 aliphatic carbocycles. The Kier molecular flexibility index (Phi) is 2.10. The number of halogens is 1. The van der Waals surface area contributed by atoms with Gasteiger partial charge in [-0.3, -0.25) is 4.79 Å². The molecule has 1 aromatic carbocycles. The van der Waals surface area contributed by atoms with Crippen LogP contribution >= 0.6 is 22.9 Å². The van der Waals surface area contributed by atoms with Gasteiger partial charge < -0.3 is 0 Å². The maximum Gasteiger partial charge on any atom is 0.161 e. The Hall–Kier alpha value is -0.860. The van der Waals surface area contributed by atoms with E-state index in [-0.39, 0.29) is 5.78 Å². The van der Waals surface area contributed by atoms with E-state index in [2.05, 4.69) is 0 Å². The summed E-state index contributed by atoms with van der Waals surface area (Å²) in [5.41, 5.74) is 0.766. The first-order chi connectivity index (χ1) is 6.20. The third-order valence-corrected chi connectivity index (χ3v) is 3.39. The molecule has 1 nitrogen and oxygen atoms in total. The molecule has 0 radical (unpaired) electrons. The van der Waals surface area contributed by atoms with Crippen molar-refractivity contribution < 1.29 is 4.79 Å². The molecule has 13 heavy (non-hydrogen) atoms. The van der Waals surface area contributed by atoms with E-state index in [9.17, 15) is 4.79 Å². The van der Waals surface area contributed by atoms with Crippen LogP contribution in [0, 0.1) is 0 Å². The van der Waals surface area contributed by atoms with Crippen molar-refractivity contribution in [3.05, 3.63) is 34.2 Å². The first-order valence-electron chi connectivity index (χ1n) is 3.87. The van der Waals surface area contributed by atoms with E-state index >= 15 is 0 Å². The van der Waals surface area contributed by atoms with Crippen LogP contribution in [0.1, 0.15) is 17.3 Å². The lowest BCUT2D eigenvalue weighted by Gasteiger charge is -1.94. The molecular weight excluding hydrogens is 204 g/mol. The molecule has 3 heteroatoms. The lowest BCUT2D eigenvalue weighted by molar-refractivity contribution is 0.101. The van der Waals surface area contributed by atoms with Gasteiger partial charge in [-0.1, -0.05) is 23.7 Å². The topological polar surface area (TPSA) is 17.1 Å². The summed E-state index contributed by atoms with van der Waals surface area (Å²) in [7, 11) is 0. The number of hydrogen-bond acceptors (Lipinski definition) is 2. The van der Waals surface area contributed by atoms with Gasteiger partial charge in [0.2, 0.25) is 0 Å². The predicted octanol–water partition coefficient (Wildman–Crippen LogP) is 3.76. The number of fused-ring (bicyclic) bond motifs is 1. The molecule has 2 rings (SSSR count). The normalized spacial score (nSPS) is 10.6. The van der Waals surface area contributed by atoms with Gasteiger partial charge in [-0.15, -0.1) is 11.3 Å². The Bertz CT molecular complexity index is 473. The first kappa shape index (κ1) is 8.73. The van der Waals surface area contributed by atoms with Gasteiger partial charge >= 0.3 is 0 Å². The monoisotopic (exact) mass is 210 g/mol. The molecule has 0 unspecified atom stereocenters. The van der Waals surface area contributed by atoms with E-state index in [1.807, 2.05) is 23.6 Å². The lowest BCUT2D eigenvalue weighted by atomic mass is 10.1. The SMILES string of the molecule is CC(=O)c1csc2c(Cl)cccc12. The molecule has 0 atom stereocenters. The largest absolute Gasteiger partial charge is 0.294 e. The van der Waals surface area contributed by atoms with Crippen molar-refractivity contribution in [2.45, 2.75) is 6.92 Å². The van der Waals surface area contributed by atoms with Gasteiger partial charge in [0, 0.05) is 16.3 Å². The van der Waals surface area contributed by atoms with Crippen LogP contribution in [0.5, 0.6) is 0 Å². The molecule has 1 heterocycles. The zero-order valence-corrected chi connectivity index (χ0v) is 8.58. The molecule has 0 spiro atoms. The quantitative estimate of drug-likeness (QED) is 0.655. The average molecular weight is 211 g/mol. The van der Waals surface area contributed by atoms with Crippen LogP contribution in [0.25, 0.3) is 10.1 Å². The van der Waals surface area contributed by atoms with Crippen molar-refractivity contribution in [1.82, 2.24) is 0 Å². The highest BCUT2D eigenvalue weighted by Gasteiger charge is 2.09. The second-order valence-corrected chi connectivity index (χ2v) is 4.11. The third-order valence-electron chi connectivity index (χ3n) is 1.93. The smallest absolute Gasteiger partial charge is 0.161 e. The van der Waals surface area contributed by atoms with E-state index in [0.717, 1.165) is 20.7 Å². The Labute approximate surface area is 84.9 Å². The third kappa shape index (κ3) is 1.36. The zero-order valence-electron chi connectivity index (χ0n) is 7.00. The minimum absolute atomic E-state index is 0.0912. The Morgan fingerprint density at radius 1 is 1.46 bits per heavy atom. The summed E-state index contributed by atoms with van der Waals surface area (Å²) in [5, 5.41) is 3.54. The van der Waals surface area contributed by atoms with Crippen LogP contribution in [-0.2, 0) is 0 Å². The molecule has 66 valence electrons. The minimum atomic E-state index is 0.0912. The number of carbonyl (C=O) groups is 1. The molecule has 0 aliphatic heterocycles. The molecule has 0 aliphatic rings. The number of thiophene rings is 1. The van der Waals surface area contributed by atoms with Crippen molar-refractivity contribution in [1.29, 1.82) is 0 Å². The van der Waals surface area contributed by atoms with Crippen molar-refractivity contribution in [3.63, 3.8) is 0 Å². The van der Waals surface area contributed by atoms with E-state index in [4.69, 9.17) is 11.6 Å². The number of benzene rings is 1. The van der Waals surface area contributed by atoms with Gasteiger partial charge in [0.1, 0.15) is 0 Å². The highest BCUT2D eigenvalue weighted by atomic mass is 35.5. The first-order valence-corrected chi connectivity index (χ1v) is 5.12. The summed E-state index contributed by atoms with van der Waals surface area (Å²) in [6, 6.07) is 5.63. The summed E-state index contributed by atoms with van der Waals surface area (Å²) < 4.78 is 0.995. The maximum absolute atomic E-state index is 11.2. The summed E-state index contributed by atoms with van der Waals surface area (Å²) in [4.78, 5) is 11.2. The minimum Gasteiger partial charge on any atom is -0.294 e. The lowest BCUT2D eigenvalue weighted by Crippen LogP contribution is -1.88. The fourth-order valence-electron chi connectivity index (χ4n) is 1.29. The van der Waals surface area contributed by atoms with Crippen LogP contribution in [-0.4, -0.2) is 5.78 Å². The van der Waals surface area contributed by atoms with Crippen LogP contribution in [0.2, 0.25) is 5.02 Å². The predicted molar refractivity (Wildman–Crippen MR) is 56.8 cm³/mol. The number of ketones is 1. The van der Waals surface area contributed by atoms with Crippen molar-refractivity contribution in [3.8, 4) is 0 Å². The maximum atomic E-state index is 11.2. The summed E-state index contributed by atoms with van der Waals surface area (Å²) in [6.45, 7) is 1.57. The van der Waals surface area contributed by atoms with Gasteiger partial charge in [0.25, 0.3) is 0 Å². The van der Waals surface area contributed by atoms with Crippen LogP contribution in [0.15, 0.2) is 23.6 Å². The Morgan fingerprint density at radius 3 is 2.92 bits per heavy atom. The number of rotatable bonds is 1. The molecular formula is C10H7ClOS. The summed E-state index contributed by atoms with van der Waals surface area (Å²) in [5.74, 6) is 0.0912. The fraction of sp³-hybridized carbons (Fsp3) is 0.100. The number of carbonyl (C=O) groups excluding carboxylic acids is 1. The molecule has 0 saturated heterocycles. The van der Waals surface area contributed by atoms with Gasteiger partial charge in [0.15, 0.2) is 5.78 Å². The second kappa shape index (κ2) is 3.13. The molecule has 0 N–H and O–H groups in total. The van der Waals surface area contributed by atoms with Crippen LogP contribution in [0.4, 0.5) is 0 Å². The number of hydrogen-bond donors (Lipinski definition) is 0. The van der Waals surface area contributed by atoms with Crippen LogP contribution in [0.3, 0.4) is 0 Å². The molecule has 0 bridgehead atoms. The standard InChI is InChI=1S/C10H7ClOS/c1-6(12)8-5-13-10-7(8)3-2-4-9(10)11/h2-5H,1H3. The van der Waals surface area contributed by atoms with Gasteiger partial charge in [-0.05, 0) is 13.0 Å². The molecule has 0 fully saturated rings. The van der Waals surface area contributed by atoms with Crippen molar-refractivity contribution in [2.24, 2.45) is 0 Å². The molecule has 0 saturated carbocycles. The van der Waals surface area contributed by atoms with E-state index in [1.165, 1.54) is 11.3 Å². The van der Waals surface area contributed by atoms with E-state index in [1.54, 1.807) is 6.92 Å². The average Bonchev–Trinajstić information content (AvgIpc) is 2.48.